The van der Waals surface area contributed by atoms with Crippen molar-refractivity contribution in [2.24, 2.45) is 0 Å². The number of thiophene rings is 1. The van der Waals surface area contributed by atoms with E-state index in [2.05, 4.69) is 15.3 Å². The molecule has 0 radical (unpaired) electrons. The first kappa shape index (κ1) is 18.9. The lowest BCUT2D eigenvalue weighted by atomic mass is 10.4. The van der Waals surface area contributed by atoms with Gasteiger partial charge in [0.15, 0.2) is 0 Å². The highest BCUT2D eigenvalue weighted by Crippen LogP contribution is 2.23. The minimum absolute atomic E-state index is 0.00589. The second-order valence-electron chi connectivity index (χ2n) is 4.50. The Morgan fingerprint density at radius 2 is 1.84 bits per heavy atom. The Kier molecular flexibility index (Phi) is 6.12. The summed E-state index contributed by atoms with van der Waals surface area (Å²) in [5.41, 5.74) is 0.451. The number of nitrogens with zero attached hydrogens (tertiary/aromatic N) is 2. The molecule has 25 heavy (non-hydrogen) atoms. The number of rotatable bonds is 7. The van der Waals surface area contributed by atoms with Crippen molar-refractivity contribution >= 4 is 33.3 Å². The molecule has 2 N–H and O–H groups in total. The molecule has 2 aromatic rings. The van der Waals surface area contributed by atoms with Crippen molar-refractivity contribution in [2.75, 3.05) is 26.6 Å². The number of carbonyl (C=O) groups is 1. The first-order chi connectivity index (χ1) is 11.9. The van der Waals surface area contributed by atoms with Gasteiger partial charge in [-0.1, -0.05) is 0 Å². The van der Waals surface area contributed by atoms with Crippen molar-refractivity contribution in [1.82, 2.24) is 14.7 Å². The summed E-state index contributed by atoms with van der Waals surface area (Å²) in [6.07, 6.45) is 0. The molecule has 0 fully saturated rings. The van der Waals surface area contributed by atoms with E-state index < -0.39 is 16.1 Å². The number of amides is 2. The summed E-state index contributed by atoms with van der Waals surface area (Å²) in [4.78, 5) is 19.8. The van der Waals surface area contributed by atoms with E-state index in [0.717, 1.165) is 11.3 Å². The molecule has 2 amide bonds. The van der Waals surface area contributed by atoms with Crippen molar-refractivity contribution in [1.29, 1.82) is 0 Å². The van der Waals surface area contributed by atoms with Gasteiger partial charge in [0.25, 0.3) is 10.0 Å². The van der Waals surface area contributed by atoms with E-state index in [1.807, 2.05) is 4.72 Å². The highest BCUT2D eigenvalue weighted by Gasteiger charge is 2.23. The number of ether oxygens (including phenoxy) is 3. The summed E-state index contributed by atoms with van der Waals surface area (Å²) in [5.74, 6) is 0.114. The maximum atomic E-state index is 12.3. The monoisotopic (exact) mass is 388 g/mol. The summed E-state index contributed by atoms with van der Waals surface area (Å²) in [6, 6.07) is 1.99. The summed E-state index contributed by atoms with van der Waals surface area (Å²) in [7, 11) is 0.142. The number of sulfonamides is 1. The molecule has 2 aromatic heterocycles. The Balaban J connectivity index is 2.15. The van der Waals surface area contributed by atoms with Gasteiger partial charge in [0.05, 0.1) is 26.9 Å². The van der Waals surface area contributed by atoms with Gasteiger partial charge in [-0.05, 0) is 11.4 Å². The number of anilines is 1. The van der Waals surface area contributed by atoms with Gasteiger partial charge < -0.3 is 14.2 Å². The topological polar surface area (TPSA) is 129 Å². The predicted octanol–water partition coefficient (Wildman–Crippen LogP) is 1.21. The molecule has 0 spiro atoms. The molecular weight excluding hydrogens is 372 g/mol. The second kappa shape index (κ2) is 8.09. The molecule has 0 saturated heterocycles. The van der Waals surface area contributed by atoms with Crippen LogP contribution in [0.25, 0.3) is 0 Å². The molecule has 0 aliphatic heterocycles. The van der Waals surface area contributed by atoms with Gasteiger partial charge in [-0.25, -0.2) is 17.9 Å². The molecule has 0 aromatic carbocycles. The minimum atomic E-state index is -4.06. The molecule has 2 heterocycles. The first-order valence-electron chi connectivity index (χ1n) is 6.75. The normalized spacial score (nSPS) is 11.0. The van der Waals surface area contributed by atoms with E-state index >= 15 is 0 Å². The number of hydrogen-bond acceptors (Lipinski definition) is 9. The van der Waals surface area contributed by atoms with Crippen LogP contribution in [0.15, 0.2) is 21.7 Å². The van der Waals surface area contributed by atoms with Crippen LogP contribution in [0.1, 0.15) is 5.56 Å². The van der Waals surface area contributed by atoms with Crippen LogP contribution in [0.2, 0.25) is 0 Å². The standard InChI is InChI=1S/C13H16N4O6S2/c1-21-7-8-4-5-24-11(8)25(19,20)17-13(18)16-12-14-9(22-2)6-10(15-12)23-3/h4-6H,7H2,1-3H3,(H2,14,15,16,17,18). The van der Waals surface area contributed by atoms with Crippen LogP contribution < -0.4 is 19.5 Å². The summed E-state index contributed by atoms with van der Waals surface area (Å²) < 4.78 is 41.4. The Hall–Kier alpha value is -2.44. The molecular formula is C13H16N4O6S2. The van der Waals surface area contributed by atoms with Gasteiger partial charge in [0.1, 0.15) is 4.21 Å². The van der Waals surface area contributed by atoms with Crippen LogP contribution in [0, 0.1) is 0 Å². The predicted molar refractivity (Wildman–Crippen MR) is 89.5 cm³/mol. The Bertz CT molecular complexity index is 830. The highest BCUT2D eigenvalue weighted by molar-refractivity contribution is 7.92. The van der Waals surface area contributed by atoms with Crippen molar-refractivity contribution in [3.05, 3.63) is 23.1 Å². The van der Waals surface area contributed by atoms with E-state index in [9.17, 15) is 13.2 Å². The maximum absolute atomic E-state index is 12.3. The van der Waals surface area contributed by atoms with Crippen LogP contribution in [0.5, 0.6) is 11.8 Å². The molecule has 0 aliphatic carbocycles. The third kappa shape index (κ3) is 4.78. The quantitative estimate of drug-likeness (QED) is 0.724. The average Bonchev–Trinajstić information content (AvgIpc) is 3.03. The van der Waals surface area contributed by atoms with Gasteiger partial charge in [0, 0.05) is 12.7 Å². The number of hydrogen-bond donors (Lipinski definition) is 2. The number of urea groups is 1. The smallest absolute Gasteiger partial charge is 0.335 e. The lowest BCUT2D eigenvalue weighted by Gasteiger charge is -2.09. The molecule has 136 valence electrons. The molecule has 0 aliphatic rings. The van der Waals surface area contributed by atoms with Crippen molar-refractivity contribution in [3.8, 4) is 11.8 Å². The van der Waals surface area contributed by atoms with Gasteiger partial charge in [-0.3, -0.25) is 5.32 Å². The van der Waals surface area contributed by atoms with Gasteiger partial charge >= 0.3 is 6.03 Å². The molecule has 12 heteroatoms. The van der Waals surface area contributed by atoms with E-state index in [0.29, 0.717) is 5.56 Å². The largest absolute Gasteiger partial charge is 0.481 e. The fraction of sp³-hybridized carbons (Fsp3) is 0.308. The van der Waals surface area contributed by atoms with Gasteiger partial charge in [-0.2, -0.15) is 9.97 Å². The van der Waals surface area contributed by atoms with E-state index in [-0.39, 0.29) is 28.5 Å². The lowest BCUT2D eigenvalue weighted by molar-refractivity contribution is 0.183. The van der Waals surface area contributed by atoms with Crippen molar-refractivity contribution in [2.45, 2.75) is 10.8 Å². The van der Waals surface area contributed by atoms with Gasteiger partial charge in [0.2, 0.25) is 17.7 Å². The number of methoxy groups -OCH3 is 3. The molecule has 2 rings (SSSR count). The Labute approximate surface area is 148 Å². The fourth-order valence-corrected chi connectivity index (χ4v) is 4.08. The number of aromatic nitrogens is 2. The van der Waals surface area contributed by atoms with Crippen molar-refractivity contribution in [3.63, 3.8) is 0 Å². The lowest BCUT2D eigenvalue weighted by Crippen LogP contribution is -2.35. The van der Waals surface area contributed by atoms with Crippen LogP contribution in [0.3, 0.4) is 0 Å². The molecule has 0 saturated carbocycles. The highest BCUT2D eigenvalue weighted by atomic mass is 32.2. The molecule has 0 atom stereocenters. The van der Waals surface area contributed by atoms with E-state index in [4.69, 9.17) is 14.2 Å². The number of carbonyl (C=O) groups excluding carboxylic acids is 1. The fourth-order valence-electron chi connectivity index (χ4n) is 1.78. The maximum Gasteiger partial charge on any atom is 0.335 e. The van der Waals surface area contributed by atoms with Crippen LogP contribution in [0.4, 0.5) is 10.7 Å². The Morgan fingerprint density at radius 1 is 1.20 bits per heavy atom. The van der Waals surface area contributed by atoms with E-state index in [1.165, 1.54) is 27.4 Å². The molecule has 10 nitrogen and oxygen atoms in total. The zero-order chi connectivity index (χ0) is 18.4. The third-order valence-corrected chi connectivity index (χ3v) is 5.70. The van der Waals surface area contributed by atoms with Gasteiger partial charge in [-0.15, -0.1) is 11.3 Å². The second-order valence-corrected chi connectivity index (χ2v) is 7.30. The molecule has 0 unspecified atom stereocenters. The minimum Gasteiger partial charge on any atom is -0.481 e. The number of nitrogens with one attached hydrogen (secondary N) is 2. The zero-order valence-electron chi connectivity index (χ0n) is 13.6. The molecule has 0 bridgehead atoms. The average molecular weight is 388 g/mol. The summed E-state index contributed by atoms with van der Waals surface area (Å²) >= 11 is 0.975. The van der Waals surface area contributed by atoms with Crippen LogP contribution >= 0.6 is 11.3 Å². The van der Waals surface area contributed by atoms with E-state index in [1.54, 1.807) is 11.4 Å². The van der Waals surface area contributed by atoms with Crippen LogP contribution in [-0.4, -0.2) is 45.7 Å². The SMILES string of the molecule is COCc1ccsc1S(=O)(=O)NC(=O)Nc1nc(OC)cc(OC)n1. The van der Waals surface area contributed by atoms with Crippen molar-refractivity contribution < 1.29 is 27.4 Å². The van der Waals surface area contributed by atoms with Crippen LogP contribution in [-0.2, 0) is 21.4 Å². The summed E-state index contributed by atoms with van der Waals surface area (Å²) in [6.45, 7) is 0.109. The Morgan fingerprint density at radius 3 is 2.40 bits per heavy atom. The third-order valence-electron chi connectivity index (χ3n) is 2.80. The zero-order valence-corrected chi connectivity index (χ0v) is 15.2. The first-order valence-corrected chi connectivity index (χ1v) is 9.12. The summed E-state index contributed by atoms with van der Waals surface area (Å²) in [5, 5.41) is 3.82.